The molecule has 0 amide bonds. The molecule has 0 atom stereocenters. The van der Waals surface area contributed by atoms with Crippen molar-refractivity contribution in [3.63, 3.8) is 0 Å². The van der Waals surface area contributed by atoms with Crippen LogP contribution in [-0.4, -0.2) is 21.0 Å². The predicted molar refractivity (Wildman–Crippen MR) is 70.1 cm³/mol. The molecule has 0 bridgehead atoms. The third-order valence-electron chi connectivity index (χ3n) is 2.02. The molecular weight excluding hydrogens is 272 g/mol. The van der Waals surface area contributed by atoms with Crippen molar-refractivity contribution in [3.05, 3.63) is 47.2 Å². The highest BCUT2D eigenvalue weighted by Crippen LogP contribution is 2.29. The number of hydrogen-bond donors (Lipinski definition) is 2. The minimum absolute atomic E-state index is 0.0374. The number of pyridine rings is 2. The van der Waals surface area contributed by atoms with Gasteiger partial charge in [-0.15, -0.1) is 0 Å². The molecule has 0 spiro atoms. The lowest BCUT2D eigenvalue weighted by Gasteiger charge is -2.03. The first-order valence-corrected chi connectivity index (χ1v) is 6.13. The van der Waals surface area contributed by atoms with E-state index in [2.05, 4.69) is 15.1 Å². The Hall–Kier alpha value is -1.79. The number of hydrogen-bond acceptors (Lipinski definition) is 5. The molecule has 2 heterocycles. The van der Waals surface area contributed by atoms with Crippen LogP contribution in [-0.2, 0) is 0 Å². The number of oxime groups is 1. The van der Waals surface area contributed by atoms with Gasteiger partial charge in [-0.2, -0.15) is 0 Å². The molecule has 0 aliphatic heterocycles. The molecule has 0 aliphatic carbocycles. The van der Waals surface area contributed by atoms with Crippen LogP contribution in [0.25, 0.3) is 0 Å². The van der Waals surface area contributed by atoms with Crippen LogP contribution in [0.5, 0.6) is 0 Å². The van der Waals surface area contributed by atoms with Crippen LogP contribution in [0.15, 0.2) is 51.7 Å². The summed E-state index contributed by atoms with van der Waals surface area (Å²) in [6.07, 6.45) is 1.65. The molecular formula is C11H9ClN4OS. The van der Waals surface area contributed by atoms with Crippen molar-refractivity contribution >= 4 is 29.2 Å². The number of rotatable bonds is 3. The van der Waals surface area contributed by atoms with Crippen LogP contribution in [0.4, 0.5) is 0 Å². The monoisotopic (exact) mass is 280 g/mol. The van der Waals surface area contributed by atoms with Gasteiger partial charge in [-0.3, -0.25) is 0 Å². The third-order valence-corrected chi connectivity index (χ3v) is 3.39. The standard InChI is InChI=1S/C11H9ClN4OS/c12-7-3-2-6-14-11(7)18-9-5-1-4-8(15-9)10(13)16-17/h1-6,17H,(H2,13,16). The maximum atomic E-state index is 8.60. The van der Waals surface area contributed by atoms with Crippen LogP contribution >= 0.6 is 23.4 Å². The summed E-state index contributed by atoms with van der Waals surface area (Å²) < 4.78 is 0. The molecule has 0 aromatic carbocycles. The molecule has 0 fully saturated rings. The van der Waals surface area contributed by atoms with E-state index in [1.807, 2.05) is 0 Å². The fourth-order valence-corrected chi connectivity index (χ4v) is 2.22. The summed E-state index contributed by atoms with van der Waals surface area (Å²) in [4.78, 5) is 8.38. The van der Waals surface area contributed by atoms with Gasteiger partial charge in [-0.25, -0.2) is 9.97 Å². The lowest BCUT2D eigenvalue weighted by atomic mass is 10.3. The second-order valence-electron chi connectivity index (χ2n) is 3.24. The van der Waals surface area contributed by atoms with E-state index >= 15 is 0 Å². The highest BCUT2D eigenvalue weighted by Gasteiger charge is 2.07. The van der Waals surface area contributed by atoms with Gasteiger partial charge in [-0.1, -0.05) is 22.8 Å². The Bertz CT molecular complexity index is 591. The van der Waals surface area contributed by atoms with E-state index in [0.29, 0.717) is 20.8 Å². The van der Waals surface area contributed by atoms with Gasteiger partial charge >= 0.3 is 0 Å². The molecule has 18 heavy (non-hydrogen) atoms. The second kappa shape index (κ2) is 5.70. The highest BCUT2D eigenvalue weighted by atomic mass is 35.5. The van der Waals surface area contributed by atoms with Gasteiger partial charge in [0, 0.05) is 6.20 Å². The largest absolute Gasteiger partial charge is 0.409 e. The zero-order chi connectivity index (χ0) is 13.0. The quantitative estimate of drug-likeness (QED) is 0.390. The lowest BCUT2D eigenvalue weighted by molar-refractivity contribution is 0.318. The zero-order valence-electron chi connectivity index (χ0n) is 9.12. The summed E-state index contributed by atoms with van der Waals surface area (Å²) in [6, 6.07) is 8.72. The van der Waals surface area contributed by atoms with Gasteiger partial charge in [0.2, 0.25) is 0 Å². The van der Waals surface area contributed by atoms with E-state index in [4.69, 9.17) is 22.5 Å². The van der Waals surface area contributed by atoms with E-state index < -0.39 is 0 Å². The van der Waals surface area contributed by atoms with Crippen molar-refractivity contribution < 1.29 is 5.21 Å². The Kier molecular flexibility index (Phi) is 4.01. The SMILES string of the molecule is NC(=NO)c1cccc(Sc2ncccc2Cl)n1. The Balaban J connectivity index is 2.28. The lowest BCUT2D eigenvalue weighted by Crippen LogP contribution is -2.14. The molecule has 2 aromatic rings. The number of amidine groups is 1. The van der Waals surface area contributed by atoms with Crippen LogP contribution in [0.3, 0.4) is 0 Å². The molecule has 7 heteroatoms. The third kappa shape index (κ3) is 2.91. The van der Waals surface area contributed by atoms with Crippen molar-refractivity contribution in [1.29, 1.82) is 0 Å². The van der Waals surface area contributed by atoms with E-state index in [-0.39, 0.29) is 5.84 Å². The van der Waals surface area contributed by atoms with Crippen LogP contribution in [0.2, 0.25) is 5.02 Å². The molecule has 0 unspecified atom stereocenters. The Labute approximate surface area is 113 Å². The number of nitrogens with two attached hydrogens (primary N) is 1. The van der Waals surface area contributed by atoms with Gasteiger partial charge in [0.25, 0.3) is 0 Å². The first-order chi connectivity index (χ1) is 8.70. The maximum absolute atomic E-state index is 8.60. The number of nitrogens with zero attached hydrogens (tertiary/aromatic N) is 3. The average molecular weight is 281 g/mol. The summed E-state index contributed by atoms with van der Waals surface area (Å²) in [6.45, 7) is 0. The first kappa shape index (κ1) is 12.7. The van der Waals surface area contributed by atoms with Gasteiger partial charge in [0.05, 0.1) is 5.02 Å². The summed E-state index contributed by atoms with van der Waals surface area (Å²) in [5.41, 5.74) is 5.87. The normalized spacial score (nSPS) is 11.5. The minimum Gasteiger partial charge on any atom is -0.409 e. The summed E-state index contributed by atoms with van der Waals surface area (Å²) in [5.74, 6) is -0.0374. The molecule has 0 saturated heterocycles. The van der Waals surface area contributed by atoms with Gasteiger partial charge in [-0.05, 0) is 36.0 Å². The number of halogens is 1. The van der Waals surface area contributed by atoms with E-state index in [1.54, 1.807) is 36.5 Å². The van der Waals surface area contributed by atoms with Crippen LogP contribution in [0.1, 0.15) is 5.69 Å². The van der Waals surface area contributed by atoms with Crippen LogP contribution < -0.4 is 5.73 Å². The van der Waals surface area contributed by atoms with E-state index in [0.717, 1.165) is 0 Å². The van der Waals surface area contributed by atoms with Gasteiger partial charge in [0.1, 0.15) is 15.7 Å². The molecule has 0 radical (unpaired) electrons. The first-order valence-electron chi connectivity index (χ1n) is 4.94. The second-order valence-corrected chi connectivity index (χ2v) is 4.66. The van der Waals surface area contributed by atoms with Crippen molar-refractivity contribution in [2.24, 2.45) is 10.9 Å². The zero-order valence-corrected chi connectivity index (χ0v) is 10.7. The predicted octanol–water partition coefficient (Wildman–Crippen LogP) is 2.38. The van der Waals surface area contributed by atoms with E-state index in [1.165, 1.54) is 11.8 Å². The Morgan fingerprint density at radius 1 is 1.33 bits per heavy atom. The van der Waals surface area contributed by atoms with Gasteiger partial charge in [0.15, 0.2) is 5.84 Å². The fraction of sp³-hybridized carbons (Fsp3) is 0. The molecule has 5 nitrogen and oxygen atoms in total. The number of aromatic nitrogens is 2. The highest BCUT2D eigenvalue weighted by molar-refractivity contribution is 7.99. The van der Waals surface area contributed by atoms with Crippen molar-refractivity contribution in [2.45, 2.75) is 10.1 Å². The smallest absolute Gasteiger partial charge is 0.188 e. The fourth-order valence-electron chi connectivity index (χ4n) is 1.21. The molecule has 2 rings (SSSR count). The molecule has 0 aliphatic rings. The van der Waals surface area contributed by atoms with Gasteiger partial charge < -0.3 is 10.9 Å². The summed E-state index contributed by atoms with van der Waals surface area (Å²) in [5, 5.41) is 13.4. The van der Waals surface area contributed by atoms with Crippen molar-refractivity contribution in [1.82, 2.24) is 9.97 Å². The topological polar surface area (TPSA) is 84.4 Å². The van der Waals surface area contributed by atoms with E-state index in [9.17, 15) is 0 Å². The minimum atomic E-state index is -0.0374. The molecule has 92 valence electrons. The van der Waals surface area contributed by atoms with Crippen molar-refractivity contribution in [3.8, 4) is 0 Å². The maximum Gasteiger partial charge on any atom is 0.188 e. The Morgan fingerprint density at radius 3 is 2.89 bits per heavy atom. The molecule has 0 saturated carbocycles. The van der Waals surface area contributed by atoms with Crippen LogP contribution in [0, 0.1) is 0 Å². The summed E-state index contributed by atoms with van der Waals surface area (Å²) in [7, 11) is 0. The van der Waals surface area contributed by atoms with Crippen molar-refractivity contribution in [2.75, 3.05) is 0 Å². The molecule has 3 N–H and O–H groups in total. The molecule has 2 aromatic heterocycles. The summed E-state index contributed by atoms with van der Waals surface area (Å²) >= 11 is 7.31. The Morgan fingerprint density at radius 2 is 2.17 bits per heavy atom. The average Bonchev–Trinajstić information content (AvgIpc) is 2.41.